The molecule has 0 amide bonds. The Kier molecular flexibility index (Phi) is 5.88. The van der Waals surface area contributed by atoms with Crippen LogP contribution in [0.1, 0.15) is 49.1 Å². The van der Waals surface area contributed by atoms with E-state index in [2.05, 4.69) is 29.2 Å². The van der Waals surface area contributed by atoms with Crippen molar-refractivity contribution >= 4 is 0 Å². The lowest BCUT2D eigenvalue weighted by molar-refractivity contribution is -0.00246. The Morgan fingerprint density at radius 2 is 2.09 bits per heavy atom. The standard InChI is InChI=1S/C19H30N2O/c20-11-5-13-22-18-9-4-12-21(15-18)14-17-8-3-7-16-6-1-2-10-19(16)17/h1-2,6,10,17-18H,3-5,7-9,11-15,20H2. The largest absolute Gasteiger partial charge is 0.377 e. The van der Waals surface area contributed by atoms with E-state index in [4.69, 9.17) is 10.5 Å². The zero-order valence-corrected chi connectivity index (χ0v) is 13.7. The number of fused-ring (bicyclic) bond motifs is 1. The predicted molar refractivity (Wildman–Crippen MR) is 91.2 cm³/mol. The minimum absolute atomic E-state index is 0.416. The molecule has 0 saturated carbocycles. The van der Waals surface area contributed by atoms with E-state index in [9.17, 15) is 0 Å². The molecule has 1 aromatic rings. The Bertz CT molecular complexity index is 463. The number of ether oxygens (including phenoxy) is 1. The minimum Gasteiger partial charge on any atom is -0.377 e. The first-order valence-corrected chi connectivity index (χ1v) is 8.98. The second-order valence-corrected chi connectivity index (χ2v) is 6.82. The van der Waals surface area contributed by atoms with Gasteiger partial charge in [0, 0.05) is 19.7 Å². The van der Waals surface area contributed by atoms with Crippen molar-refractivity contribution in [1.29, 1.82) is 0 Å². The molecule has 1 aliphatic carbocycles. The van der Waals surface area contributed by atoms with Crippen LogP contribution in [0.15, 0.2) is 24.3 Å². The first-order chi connectivity index (χ1) is 10.9. The number of hydrogen-bond donors (Lipinski definition) is 1. The monoisotopic (exact) mass is 302 g/mol. The van der Waals surface area contributed by atoms with E-state index in [1.54, 1.807) is 11.1 Å². The molecule has 2 unspecified atom stereocenters. The Hall–Kier alpha value is -0.900. The smallest absolute Gasteiger partial charge is 0.0702 e. The molecule has 122 valence electrons. The molecule has 2 aliphatic rings. The van der Waals surface area contributed by atoms with Crippen LogP contribution >= 0.6 is 0 Å². The Labute approximate surface area is 134 Å². The molecule has 3 nitrogen and oxygen atoms in total. The molecule has 0 aromatic heterocycles. The molecule has 22 heavy (non-hydrogen) atoms. The number of benzene rings is 1. The van der Waals surface area contributed by atoms with E-state index in [-0.39, 0.29) is 0 Å². The summed E-state index contributed by atoms with van der Waals surface area (Å²) in [6.07, 6.45) is 7.81. The zero-order chi connectivity index (χ0) is 15.2. The number of likely N-dealkylation sites (tertiary alicyclic amines) is 1. The van der Waals surface area contributed by atoms with Crippen molar-refractivity contribution in [3.05, 3.63) is 35.4 Å². The normalized spacial score (nSPS) is 25.9. The number of nitrogens with two attached hydrogens (primary N) is 1. The number of nitrogens with zero attached hydrogens (tertiary/aromatic N) is 1. The fourth-order valence-corrected chi connectivity index (χ4v) is 4.00. The third-order valence-electron chi connectivity index (χ3n) is 5.14. The molecule has 2 atom stereocenters. The van der Waals surface area contributed by atoms with Crippen molar-refractivity contribution < 1.29 is 4.74 Å². The second-order valence-electron chi connectivity index (χ2n) is 6.82. The lowest BCUT2D eigenvalue weighted by atomic mass is 9.82. The highest BCUT2D eigenvalue weighted by atomic mass is 16.5. The van der Waals surface area contributed by atoms with Crippen molar-refractivity contribution in [2.75, 3.05) is 32.8 Å². The van der Waals surface area contributed by atoms with Gasteiger partial charge in [-0.15, -0.1) is 0 Å². The number of piperidine rings is 1. The van der Waals surface area contributed by atoms with Gasteiger partial charge in [-0.3, -0.25) is 0 Å². The van der Waals surface area contributed by atoms with Crippen LogP contribution in [0.5, 0.6) is 0 Å². The summed E-state index contributed by atoms with van der Waals surface area (Å²) in [6.45, 7) is 5.09. The summed E-state index contributed by atoms with van der Waals surface area (Å²) in [4.78, 5) is 2.63. The van der Waals surface area contributed by atoms with E-state index >= 15 is 0 Å². The maximum absolute atomic E-state index is 5.99. The van der Waals surface area contributed by atoms with Crippen LogP contribution in [-0.2, 0) is 11.2 Å². The summed E-state index contributed by atoms with van der Waals surface area (Å²) in [5.41, 5.74) is 8.72. The molecule has 1 saturated heterocycles. The SMILES string of the molecule is NCCCOC1CCCN(CC2CCCc3ccccc32)C1. The van der Waals surface area contributed by atoms with Gasteiger partial charge in [-0.05, 0) is 68.7 Å². The van der Waals surface area contributed by atoms with Gasteiger partial charge in [0.05, 0.1) is 6.10 Å². The quantitative estimate of drug-likeness (QED) is 0.821. The van der Waals surface area contributed by atoms with Crippen molar-refractivity contribution in [1.82, 2.24) is 4.90 Å². The molecule has 0 radical (unpaired) electrons. The molecule has 0 bridgehead atoms. The molecule has 1 aliphatic heterocycles. The zero-order valence-electron chi connectivity index (χ0n) is 13.7. The van der Waals surface area contributed by atoms with E-state index < -0.39 is 0 Å². The molecule has 0 spiro atoms. The maximum Gasteiger partial charge on any atom is 0.0702 e. The van der Waals surface area contributed by atoms with E-state index in [0.717, 1.165) is 26.1 Å². The van der Waals surface area contributed by atoms with Crippen molar-refractivity contribution in [2.24, 2.45) is 5.73 Å². The summed E-state index contributed by atoms with van der Waals surface area (Å²) >= 11 is 0. The van der Waals surface area contributed by atoms with E-state index in [0.29, 0.717) is 12.0 Å². The molecule has 1 heterocycles. The average molecular weight is 302 g/mol. The number of hydrogen-bond acceptors (Lipinski definition) is 3. The lowest BCUT2D eigenvalue weighted by Crippen LogP contribution is -2.42. The Balaban J connectivity index is 1.55. The highest BCUT2D eigenvalue weighted by molar-refractivity contribution is 5.32. The Morgan fingerprint density at radius 3 is 3.00 bits per heavy atom. The van der Waals surface area contributed by atoms with Gasteiger partial charge < -0.3 is 15.4 Å². The Morgan fingerprint density at radius 1 is 1.18 bits per heavy atom. The average Bonchev–Trinajstić information content (AvgIpc) is 2.56. The van der Waals surface area contributed by atoms with Gasteiger partial charge >= 0.3 is 0 Å². The third kappa shape index (κ3) is 4.09. The van der Waals surface area contributed by atoms with E-state index in [1.165, 1.54) is 45.2 Å². The van der Waals surface area contributed by atoms with Crippen LogP contribution in [-0.4, -0.2) is 43.8 Å². The van der Waals surface area contributed by atoms with Crippen LogP contribution < -0.4 is 5.73 Å². The second kappa shape index (κ2) is 8.09. The van der Waals surface area contributed by atoms with Crippen LogP contribution in [0.2, 0.25) is 0 Å². The summed E-state index contributed by atoms with van der Waals surface area (Å²) in [5.74, 6) is 0.716. The summed E-state index contributed by atoms with van der Waals surface area (Å²) in [7, 11) is 0. The first-order valence-electron chi connectivity index (χ1n) is 8.98. The van der Waals surface area contributed by atoms with Crippen molar-refractivity contribution in [3.8, 4) is 0 Å². The molecule has 1 aromatic carbocycles. The maximum atomic E-state index is 5.99. The fourth-order valence-electron chi connectivity index (χ4n) is 4.00. The predicted octanol–water partition coefficient (Wildman–Crippen LogP) is 2.94. The molecule has 1 fully saturated rings. The van der Waals surface area contributed by atoms with Crippen LogP contribution in [0.25, 0.3) is 0 Å². The van der Waals surface area contributed by atoms with Crippen LogP contribution in [0.4, 0.5) is 0 Å². The van der Waals surface area contributed by atoms with E-state index in [1.807, 2.05) is 0 Å². The van der Waals surface area contributed by atoms with Crippen molar-refractivity contribution in [3.63, 3.8) is 0 Å². The summed E-state index contributed by atoms with van der Waals surface area (Å²) < 4.78 is 5.99. The number of rotatable bonds is 6. The summed E-state index contributed by atoms with van der Waals surface area (Å²) in [5, 5.41) is 0. The minimum atomic E-state index is 0.416. The molecular formula is C19H30N2O. The molecule has 3 heteroatoms. The molecular weight excluding hydrogens is 272 g/mol. The van der Waals surface area contributed by atoms with Crippen LogP contribution in [0, 0.1) is 0 Å². The lowest BCUT2D eigenvalue weighted by Gasteiger charge is -2.36. The van der Waals surface area contributed by atoms with Gasteiger partial charge in [0.25, 0.3) is 0 Å². The number of aryl methyl sites for hydroxylation is 1. The third-order valence-corrected chi connectivity index (χ3v) is 5.14. The molecule has 2 N–H and O–H groups in total. The molecule has 3 rings (SSSR count). The summed E-state index contributed by atoms with van der Waals surface area (Å²) in [6, 6.07) is 9.05. The van der Waals surface area contributed by atoms with Gasteiger partial charge in [0.1, 0.15) is 0 Å². The van der Waals surface area contributed by atoms with Gasteiger partial charge in [0.15, 0.2) is 0 Å². The first kappa shape index (κ1) is 16.0. The fraction of sp³-hybridized carbons (Fsp3) is 0.684. The van der Waals surface area contributed by atoms with Gasteiger partial charge in [0.2, 0.25) is 0 Å². The topological polar surface area (TPSA) is 38.5 Å². The van der Waals surface area contributed by atoms with Crippen molar-refractivity contribution in [2.45, 2.75) is 50.5 Å². The highest BCUT2D eigenvalue weighted by Crippen LogP contribution is 2.32. The van der Waals surface area contributed by atoms with Crippen LogP contribution in [0.3, 0.4) is 0 Å². The van der Waals surface area contributed by atoms with Gasteiger partial charge in [-0.2, -0.15) is 0 Å². The highest BCUT2D eigenvalue weighted by Gasteiger charge is 2.26. The van der Waals surface area contributed by atoms with Gasteiger partial charge in [-0.25, -0.2) is 0 Å². The van der Waals surface area contributed by atoms with Gasteiger partial charge in [-0.1, -0.05) is 24.3 Å².